The summed E-state index contributed by atoms with van der Waals surface area (Å²) in [4.78, 5) is 76.3. The van der Waals surface area contributed by atoms with Gasteiger partial charge in [0, 0.05) is 13.0 Å². The summed E-state index contributed by atoms with van der Waals surface area (Å²) in [6, 6.07) is -5.27. The molecule has 0 aliphatic carbocycles. The minimum absolute atomic E-state index is 0.0796. The number of nitrogens with two attached hydrogens (primary N) is 6. The summed E-state index contributed by atoms with van der Waals surface area (Å²) in [6.07, 6.45) is 0.315. The van der Waals surface area contributed by atoms with Crippen LogP contribution in [0.3, 0.4) is 0 Å². The fourth-order valence-electron chi connectivity index (χ4n) is 3.19. The van der Waals surface area contributed by atoms with Crippen molar-refractivity contribution in [1.29, 1.82) is 0 Å². The van der Waals surface area contributed by atoms with E-state index in [1.54, 1.807) is 0 Å². The average Bonchev–Trinajstić information content (AvgIpc) is 2.82. The van der Waals surface area contributed by atoms with Crippen LogP contribution in [0.15, 0.2) is 4.99 Å². The van der Waals surface area contributed by atoms with Crippen LogP contribution in [0.4, 0.5) is 0 Å². The van der Waals surface area contributed by atoms with Crippen molar-refractivity contribution < 1.29 is 33.9 Å². The molecule has 0 aromatic rings. The van der Waals surface area contributed by atoms with Crippen molar-refractivity contribution in [2.75, 3.05) is 13.1 Å². The molecule has 0 radical (unpaired) electrons. The zero-order valence-corrected chi connectivity index (χ0v) is 21.2. The summed E-state index contributed by atoms with van der Waals surface area (Å²) in [6.45, 7) is 0.555. The lowest BCUT2D eigenvalue weighted by molar-refractivity contribution is -0.142. The van der Waals surface area contributed by atoms with E-state index in [4.69, 9.17) is 34.4 Å². The Morgan fingerprint density at radius 3 is 1.82 bits per heavy atom. The highest BCUT2D eigenvalue weighted by Gasteiger charge is 2.31. The number of primary amides is 2. The molecule has 5 amide bonds. The topological polar surface area (TPSA) is 327 Å². The molecule has 0 bridgehead atoms. The van der Waals surface area contributed by atoms with E-state index in [1.165, 1.54) is 0 Å². The van der Waals surface area contributed by atoms with Gasteiger partial charge in [-0.3, -0.25) is 29.0 Å². The Labute approximate surface area is 219 Å². The van der Waals surface area contributed by atoms with E-state index in [0.29, 0.717) is 25.8 Å². The van der Waals surface area contributed by atoms with E-state index in [1.807, 2.05) is 0 Å². The molecular formula is C21H40N10O7. The first kappa shape index (κ1) is 34.0. The van der Waals surface area contributed by atoms with Gasteiger partial charge in [-0.15, -0.1) is 0 Å². The number of nitrogens with one attached hydrogen (secondary N) is 3. The summed E-state index contributed by atoms with van der Waals surface area (Å²) >= 11 is 0. The van der Waals surface area contributed by atoms with Crippen molar-refractivity contribution >= 4 is 41.5 Å². The zero-order valence-electron chi connectivity index (χ0n) is 21.2. The van der Waals surface area contributed by atoms with Gasteiger partial charge in [-0.05, 0) is 45.1 Å². The number of aliphatic imine (C=N–C) groups is 1. The Hall–Kier alpha value is -3.99. The average molecular weight is 545 g/mol. The molecule has 0 fully saturated rings. The van der Waals surface area contributed by atoms with Crippen LogP contribution < -0.4 is 50.4 Å². The van der Waals surface area contributed by atoms with E-state index >= 15 is 0 Å². The quantitative estimate of drug-likeness (QED) is 0.0393. The number of carbonyl (C=O) groups excluding carboxylic acids is 5. The SMILES string of the molecule is NCCCC[C@H](NC(=O)[C@H](CCC(N)=O)NC(=O)[C@H](CC(N)=O)NC(=O)[C@@H](N)CCCN=C(N)N)C(=O)O. The van der Waals surface area contributed by atoms with Crippen LogP contribution in [0.2, 0.25) is 0 Å². The van der Waals surface area contributed by atoms with Crippen LogP contribution in [0, 0.1) is 0 Å². The van der Waals surface area contributed by atoms with Crippen molar-refractivity contribution in [3.63, 3.8) is 0 Å². The van der Waals surface area contributed by atoms with E-state index in [9.17, 15) is 33.9 Å². The molecule has 0 heterocycles. The first-order chi connectivity index (χ1) is 17.8. The van der Waals surface area contributed by atoms with Crippen LogP contribution in [-0.4, -0.2) is 83.8 Å². The number of unbranched alkanes of at least 4 members (excludes halogenated alkanes) is 1. The second-order valence-electron chi connectivity index (χ2n) is 8.54. The fourth-order valence-corrected chi connectivity index (χ4v) is 3.19. The molecule has 0 aromatic heterocycles. The van der Waals surface area contributed by atoms with Gasteiger partial charge in [-0.25, -0.2) is 4.79 Å². The Kier molecular flexibility index (Phi) is 16.4. The molecule has 0 saturated heterocycles. The number of guanidine groups is 1. The summed E-state index contributed by atoms with van der Waals surface area (Å²) in [7, 11) is 0. The van der Waals surface area contributed by atoms with Gasteiger partial charge in [0.25, 0.3) is 0 Å². The lowest BCUT2D eigenvalue weighted by Gasteiger charge is -2.24. The molecule has 0 rings (SSSR count). The molecular weight excluding hydrogens is 504 g/mol. The van der Waals surface area contributed by atoms with Gasteiger partial charge in [0.15, 0.2) is 5.96 Å². The third-order valence-corrected chi connectivity index (χ3v) is 5.22. The molecule has 38 heavy (non-hydrogen) atoms. The molecule has 216 valence electrons. The minimum atomic E-state index is -1.51. The summed E-state index contributed by atoms with van der Waals surface area (Å²) in [5.74, 6) is -5.80. The van der Waals surface area contributed by atoms with E-state index < -0.39 is 66.1 Å². The molecule has 0 unspecified atom stereocenters. The van der Waals surface area contributed by atoms with Gasteiger partial charge in [-0.2, -0.15) is 0 Å². The van der Waals surface area contributed by atoms with E-state index in [-0.39, 0.29) is 38.2 Å². The number of rotatable bonds is 20. The summed E-state index contributed by atoms with van der Waals surface area (Å²) in [5.41, 5.74) is 32.0. The molecule has 0 aromatic carbocycles. The Morgan fingerprint density at radius 2 is 1.29 bits per heavy atom. The largest absolute Gasteiger partial charge is 0.480 e. The van der Waals surface area contributed by atoms with Crippen LogP contribution in [-0.2, 0) is 28.8 Å². The monoisotopic (exact) mass is 544 g/mol. The molecule has 0 saturated carbocycles. The van der Waals surface area contributed by atoms with Crippen LogP contribution >= 0.6 is 0 Å². The highest BCUT2D eigenvalue weighted by Crippen LogP contribution is 2.06. The van der Waals surface area contributed by atoms with Crippen LogP contribution in [0.25, 0.3) is 0 Å². The van der Waals surface area contributed by atoms with Gasteiger partial charge >= 0.3 is 5.97 Å². The first-order valence-corrected chi connectivity index (χ1v) is 12.0. The number of aliphatic carboxylic acids is 1. The number of hydrogen-bond acceptors (Lipinski definition) is 9. The molecule has 17 heteroatoms. The molecule has 17 nitrogen and oxygen atoms in total. The Bertz CT molecular complexity index is 863. The fraction of sp³-hybridized carbons (Fsp3) is 0.667. The minimum Gasteiger partial charge on any atom is -0.480 e. The van der Waals surface area contributed by atoms with Gasteiger partial charge in [0.2, 0.25) is 29.5 Å². The van der Waals surface area contributed by atoms with Gasteiger partial charge in [-0.1, -0.05) is 0 Å². The third kappa shape index (κ3) is 15.2. The predicted octanol–water partition coefficient (Wildman–Crippen LogP) is -4.82. The van der Waals surface area contributed by atoms with Gasteiger partial charge < -0.3 is 55.5 Å². The second-order valence-corrected chi connectivity index (χ2v) is 8.54. The van der Waals surface area contributed by atoms with E-state index in [0.717, 1.165) is 0 Å². The zero-order chi connectivity index (χ0) is 29.3. The predicted molar refractivity (Wildman–Crippen MR) is 136 cm³/mol. The molecule has 0 aliphatic rings. The van der Waals surface area contributed by atoms with Crippen molar-refractivity contribution in [1.82, 2.24) is 16.0 Å². The van der Waals surface area contributed by atoms with Crippen molar-refractivity contribution in [2.45, 2.75) is 75.5 Å². The van der Waals surface area contributed by atoms with E-state index in [2.05, 4.69) is 20.9 Å². The number of nitrogens with zero attached hydrogens (tertiary/aromatic N) is 1. The lowest BCUT2D eigenvalue weighted by atomic mass is 10.1. The maximum absolute atomic E-state index is 12.9. The van der Waals surface area contributed by atoms with Gasteiger partial charge in [0.1, 0.15) is 18.1 Å². The Morgan fingerprint density at radius 1 is 0.711 bits per heavy atom. The lowest BCUT2D eigenvalue weighted by Crippen LogP contribution is -2.57. The summed E-state index contributed by atoms with van der Waals surface area (Å²) < 4.78 is 0. The van der Waals surface area contributed by atoms with Crippen LogP contribution in [0.5, 0.6) is 0 Å². The maximum Gasteiger partial charge on any atom is 0.326 e. The number of carboxylic acids is 1. The standard InChI is InChI=1S/C21H40N10O7/c22-8-2-1-5-13(20(37)38)30-18(35)12(6-7-15(24)32)29-19(36)14(10-16(25)33)31-17(34)11(23)4-3-9-28-21(26)27/h11-14H,1-10,22-23H2,(H2,24,32)(H2,25,33)(H,29,36)(H,30,35)(H,31,34)(H,37,38)(H4,26,27,28)/t11-,12-,13-,14-/m0/s1. The first-order valence-electron chi connectivity index (χ1n) is 12.0. The number of carbonyl (C=O) groups is 6. The van der Waals surface area contributed by atoms with Gasteiger partial charge in [0.05, 0.1) is 12.5 Å². The summed E-state index contributed by atoms with van der Waals surface area (Å²) in [5, 5.41) is 16.3. The molecule has 4 atom stereocenters. The molecule has 0 aliphatic heterocycles. The highest BCUT2D eigenvalue weighted by atomic mass is 16.4. The van der Waals surface area contributed by atoms with Crippen LogP contribution in [0.1, 0.15) is 51.4 Å². The highest BCUT2D eigenvalue weighted by molar-refractivity contribution is 5.96. The van der Waals surface area contributed by atoms with Crippen molar-refractivity contribution in [2.24, 2.45) is 39.4 Å². The second kappa shape index (κ2) is 18.3. The normalized spacial score (nSPS) is 13.7. The Balaban J connectivity index is 5.47. The molecule has 16 N–H and O–H groups in total. The molecule has 0 spiro atoms. The number of hydrogen-bond donors (Lipinski definition) is 10. The third-order valence-electron chi connectivity index (χ3n) is 5.22. The van der Waals surface area contributed by atoms with Crippen molar-refractivity contribution in [3.8, 4) is 0 Å². The smallest absolute Gasteiger partial charge is 0.326 e. The van der Waals surface area contributed by atoms with Crippen molar-refractivity contribution in [3.05, 3.63) is 0 Å². The number of carboxylic acid groups (broad SMARTS) is 1. The number of amides is 5. The maximum atomic E-state index is 12.9.